The fraction of sp³-hybridized carbons (Fsp3) is 0.286. The van der Waals surface area contributed by atoms with Crippen LogP contribution < -0.4 is 10.2 Å². The number of nitro groups is 1. The van der Waals surface area contributed by atoms with Gasteiger partial charge in [-0.15, -0.1) is 0 Å². The van der Waals surface area contributed by atoms with E-state index in [-0.39, 0.29) is 29.2 Å². The standard InChI is InChI=1S/C28H27N3O5/c1-4-25(33)30-21-12-8-6-10-18(21)29-19-15-28(2,3)16-22(32)26(19)27(30)24-14-13-23(36-24)17-9-5-7-11-20(17)31(34)35/h5-14,27,29H,4,15-16H2,1-3H3/t27-/m0/s1. The normalized spacial score (nSPS) is 18.7. The second-order valence-electron chi connectivity index (χ2n) is 9.97. The third-order valence-electron chi connectivity index (χ3n) is 6.73. The lowest BCUT2D eigenvalue weighted by molar-refractivity contribution is -0.384. The Hall–Kier alpha value is -4.20. The molecule has 2 aliphatic rings. The lowest BCUT2D eigenvalue weighted by atomic mass is 9.74. The molecule has 1 amide bonds. The molecule has 184 valence electrons. The van der Waals surface area contributed by atoms with Gasteiger partial charge in [0.25, 0.3) is 5.69 Å². The number of benzene rings is 2. The lowest BCUT2D eigenvalue weighted by Gasteiger charge is -2.36. The zero-order valence-corrected chi connectivity index (χ0v) is 20.4. The smallest absolute Gasteiger partial charge is 0.280 e. The first-order valence-corrected chi connectivity index (χ1v) is 12.0. The van der Waals surface area contributed by atoms with E-state index in [0.717, 1.165) is 11.4 Å². The number of carbonyl (C=O) groups excluding carboxylic acids is 2. The van der Waals surface area contributed by atoms with Crippen molar-refractivity contribution in [3.63, 3.8) is 0 Å². The Kier molecular flexibility index (Phi) is 5.74. The Labute approximate surface area is 208 Å². The number of para-hydroxylation sites is 3. The Bertz CT molecular complexity index is 1420. The average Bonchev–Trinajstić information content (AvgIpc) is 3.27. The monoisotopic (exact) mass is 485 g/mol. The predicted molar refractivity (Wildman–Crippen MR) is 136 cm³/mol. The second kappa shape index (κ2) is 8.78. The Morgan fingerprint density at radius 3 is 2.58 bits per heavy atom. The third-order valence-corrected chi connectivity index (χ3v) is 6.73. The van der Waals surface area contributed by atoms with Gasteiger partial charge in [0.2, 0.25) is 5.91 Å². The first-order valence-electron chi connectivity index (χ1n) is 12.0. The largest absolute Gasteiger partial charge is 0.458 e. The molecule has 8 nitrogen and oxygen atoms in total. The predicted octanol–water partition coefficient (Wildman–Crippen LogP) is 6.41. The van der Waals surface area contributed by atoms with Gasteiger partial charge in [-0.2, -0.15) is 0 Å². The molecule has 0 saturated carbocycles. The van der Waals surface area contributed by atoms with Crippen LogP contribution in [0, 0.1) is 15.5 Å². The summed E-state index contributed by atoms with van der Waals surface area (Å²) in [6.07, 6.45) is 1.20. The highest BCUT2D eigenvalue weighted by molar-refractivity contribution is 6.06. The van der Waals surface area contributed by atoms with Gasteiger partial charge in [-0.3, -0.25) is 24.6 Å². The number of ketones is 1. The topological polar surface area (TPSA) is 106 Å². The molecular formula is C28H27N3O5. The van der Waals surface area contributed by atoms with Crippen molar-refractivity contribution in [2.24, 2.45) is 5.41 Å². The van der Waals surface area contributed by atoms with Crippen molar-refractivity contribution in [2.75, 3.05) is 10.2 Å². The number of carbonyl (C=O) groups is 2. The molecule has 1 aromatic heterocycles. The summed E-state index contributed by atoms with van der Waals surface area (Å²) < 4.78 is 6.23. The maximum atomic E-state index is 13.6. The minimum absolute atomic E-state index is 0.0518. The summed E-state index contributed by atoms with van der Waals surface area (Å²) >= 11 is 0. The van der Waals surface area contributed by atoms with Crippen LogP contribution in [0.25, 0.3) is 11.3 Å². The Morgan fingerprint density at radius 2 is 1.83 bits per heavy atom. The van der Waals surface area contributed by atoms with Crippen LogP contribution in [0.5, 0.6) is 0 Å². The van der Waals surface area contributed by atoms with Gasteiger partial charge < -0.3 is 9.73 Å². The first kappa shape index (κ1) is 23.5. The van der Waals surface area contributed by atoms with Gasteiger partial charge in [0.1, 0.15) is 17.6 Å². The molecule has 0 fully saturated rings. The van der Waals surface area contributed by atoms with Gasteiger partial charge in [0, 0.05) is 30.2 Å². The van der Waals surface area contributed by atoms with Crippen molar-refractivity contribution >= 4 is 28.8 Å². The number of Topliss-reactive ketones (excluding diaryl/α,β-unsaturated/α-hetero) is 1. The summed E-state index contributed by atoms with van der Waals surface area (Å²) in [4.78, 5) is 39.9. The Morgan fingerprint density at radius 1 is 1.11 bits per heavy atom. The maximum Gasteiger partial charge on any atom is 0.280 e. The highest BCUT2D eigenvalue weighted by Gasteiger charge is 2.44. The molecule has 1 aliphatic carbocycles. The molecule has 0 radical (unpaired) electrons. The van der Waals surface area contributed by atoms with Crippen LogP contribution in [0.4, 0.5) is 17.1 Å². The van der Waals surface area contributed by atoms with Crippen LogP contribution in [-0.2, 0) is 9.59 Å². The molecule has 36 heavy (non-hydrogen) atoms. The minimum Gasteiger partial charge on any atom is -0.458 e. The number of anilines is 2. The zero-order valence-electron chi connectivity index (χ0n) is 20.4. The summed E-state index contributed by atoms with van der Waals surface area (Å²) in [6, 6.07) is 16.4. The lowest BCUT2D eigenvalue weighted by Crippen LogP contribution is -2.39. The molecule has 8 heteroatoms. The van der Waals surface area contributed by atoms with Crippen LogP contribution in [0.15, 0.2) is 76.4 Å². The second-order valence-corrected chi connectivity index (χ2v) is 9.97. The molecule has 0 saturated heterocycles. The number of nitrogens with zero attached hydrogens (tertiary/aromatic N) is 2. The van der Waals surface area contributed by atoms with Crippen molar-refractivity contribution in [3.05, 3.63) is 87.8 Å². The fourth-order valence-corrected chi connectivity index (χ4v) is 5.19. The van der Waals surface area contributed by atoms with E-state index < -0.39 is 11.0 Å². The summed E-state index contributed by atoms with van der Waals surface area (Å²) in [5, 5.41) is 15.1. The molecule has 0 bridgehead atoms. The van der Waals surface area contributed by atoms with Crippen molar-refractivity contribution in [1.29, 1.82) is 0 Å². The van der Waals surface area contributed by atoms with E-state index in [0.29, 0.717) is 41.2 Å². The number of hydrogen-bond donors (Lipinski definition) is 1. The number of nitro benzene ring substituents is 1. The fourth-order valence-electron chi connectivity index (χ4n) is 5.19. The van der Waals surface area contributed by atoms with Crippen LogP contribution in [-0.4, -0.2) is 16.6 Å². The van der Waals surface area contributed by atoms with E-state index >= 15 is 0 Å². The molecule has 0 spiro atoms. The van der Waals surface area contributed by atoms with Crippen LogP contribution in [0.2, 0.25) is 0 Å². The van der Waals surface area contributed by atoms with E-state index in [9.17, 15) is 19.7 Å². The quantitative estimate of drug-likeness (QED) is 0.338. The molecule has 2 aromatic carbocycles. The number of furan rings is 1. The molecule has 1 aliphatic heterocycles. The highest BCUT2D eigenvalue weighted by Crippen LogP contribution is 2.49. The van der Waals surface area contributed by atoms with Crippen LogP contribution >= 0.6 is 0 Å². The molecule has 2 heterocycles. The Balaban J connectivity index is 1.74. The van der Waals surface area contributed by atoms with E-state index in [1.807, 2.05) is 24.3 Å². The number of rotatable bonds is 4. The van der Waals surface area contributed by atoms with Gasteiger partial charge in [0.05, 0.1) is 21.9 Å². The summed E-state index contributed by atoms with van der Waals surface area (Å²) in [6.45, 7) is 5.88. The minimum atomic E-state index is -0.802. The SMILES string of the molecule is CCC(=O)N1c2ccccc2NC2=C(C(=O)CC(C)(C)C2)[C@@H]1c1ccc(-c2ccccc2[N+](=O)[O-])o1. The molecule has 1 atom stereocenters. The zero-order chi connectivity index (χ0) is 25.6. The number of fused-ring (bicyclic) bond motifs is 1. The number of nitrogens with one attached hydrogen (secondary N) is 1. The first-order chi connectivity index (χ1) is 17.2. The molecule has 3 aromatic rings. The molecule has 0 unspecified atom stereocenters. The van der Waals surface area contributed by atoms with E-state index in [1.165, 1.54) is 6.07 Å². The van der Waals surface area contributed by atoms with Crippen LogP contribution in [0.1, 0.15) is 51.8 Å². The summed E-state index contributed by atoms with van der Waals surface area (Å²) in [5.74, 6) is 0.467. The van der Waals surface area contributed by atoms with E-state index in [1.54, 1.807) is 42.2 Å². The number of allylic oxidation sites excluding steroid dienone is 1. The van der Waals surface area contributed by atoms with Crippen molar-refractivity contribution < 1.29 is 18.9 Å². The molecule has 5 rings (SSSR count). The average molecular weight is 486 g/mol. The maximum absolute atomic E-state index is 13.6. The van der Waals surface area contributed by atoms with E-state index in [2.05, 4.69) is 19.2 Å². The molecular weight excluding hydrogens is 458 g/mol. The number of amides is 1. The summed E-state index contributed by atoms with van der Waals surface area (Å²) in [7, 11) is 0. The number of hydrogen-bond acceptors (Lipinski definition) is 6. The summed E-state index contributed by atoms with van der Waals surface area (Å²) in [5.41, 5.74) is 2.66. The van der Waals surface area contributed by atoms with Gasteiger partial charge >= 0.3 is 0 Å². The molecule has 1 N–H and O–H groups in total. The van der Waals surface area contributed by atoms with Gasteiger partial charge in [-0.1, -0.05) is 45.0 Å². The van der Waals surface area contributed by atoms with Gasteiger partial charge in [0.15, 0.2) is 5.78 Å². The third kappa shape index (κ3) is 3.98. The van der Waals surface area contributed by atoms with Gasteiger partial charge in [-0.25, -0.2) is 0 Å². The highest BCUT2D eigenvalue weighted by atomic mass is 16.6. The van der Waals surface area contributed by atoms with Gasteiger partial charge in [-0.05, 0) is 42.2 Å². The van der Waals surface area contributed by atoms with Crippen molar-refractivity contribution in [3.8, 4) is 11.3 Å². The van der Waals surface area contributed by atoms with Crippen molar-refractivity contribution in [1.82, 2.24) is 0 Å². The van der Waals surface area contributed by atoms with Crippen molar-refractivity contribution in [2.45, 2.75) is 46.1 Å². The van der Waals surface area contributed by atoms with Crippen LogP contribution in [0.3, 0.4) is 0 Å². The van der Waals surface area contributed by atoms with E-state index in [4.69, 9.17) is 4.42 Å².